The maximum Gasteiger partial charge on any atom is 0.200 e. The van der Waals surface area contributed by atoms with Gasteiger partial charge in [-0.15, -0.1) is 0 Å². The van der Waals surface area contributed by atoms with Gasteiger partial charge in [-0.25, -0.2) is 0 Å². The number of hydrogen-bond donors (Lipinski definition) is 18. The molecule has 0 aromatic heterocycles. The molecule has 3 heterocycles. The summed E-state index contributed by atoms with van der Waals surface area (Å²) in [5.41, 5.74) is -2.62. The first kappa shape index (κ1) is 42.9. The van der Waals surface area contributed by atoms with E-state index in [1.54, 1.807) is 0 Å². The molecule has 9 rings (SSSR count). The topological polar surface area (TPSA) is 392 Å². The summed E-state index contributed by atoms with van der Waals surface area (Å²) >= 11 is 0. The standard InChI is InChI=1S/C45H38O21/c46-15-7-18(48)30-29(8-15)64-42(13-3-24(54)37(60)25(55)4-13)39(62)34(30)32-20(50)11-21(51)33-35(40(63)43(66-45(32)33)14-5-26(56)38(61)27(57)6-14)31-19(49)10-17(47)16-9-28(58)41(65-44(16)31)12-1-22(52)36(59)23(53)2-12/h1-8,10-11,28,34-35,39-43,46-63H,9H2/t28-,34-,35-,39-,40-,41-,42-,43-/m1/s1. The third-order valence-electron chi connectivity index (χ3n) is 12.1. The van der Waals surface area contributed by atoms with Crippen LogP contribution >= 0.6 is 0 Å². The predicted molar refractivity (Wildman–Crippen MR) is 219 cm³/mol. The molecule has 21 heteroatoms. The van der Waals surface area contributed by atoms with Gasteiger partial charge < -0.3 is 106 Å². The maximum atomic E-state index is 12.5. The minimum atomic E-state index is -2.09. The third kappa shape index (κ3) is 6.51. The monoisotopic (exact) mass is 914 g/mol. The highest BCUT2D eigenvalue weighted by Crippen LogP contribution is 2.62. The Bertz CT molecular complexity index is 2940. The fourth-order valence-electron chi connectivity index (χ4n) is 9.16. The quantitative estimate of drug-likeness (QED) is 0.110. The molecule has 8 atom stereocenters. The lowest BCUT2D eigenvalue weighted by Crippen LogP contribution is -2.39. The zero-order valence-electron chi connectivity index (χ0n) is 33.4. The number of hydrogen-bond acceptors (Lipinski definition) is 21. The van der Waals surface area contributed by atoms with Crippen LogP contribution in [0.5, 0.6) is 103 Å². The Balaban J connectivity index is 1.32. The molecule has 0 amide bonds. The van der Waals surface area contributed by atoms with Gasteiger partial charge in [0.1, 0.15) is 64.0 Å². The highest BCUT2D eigenvalue weighted by molar-refractivity contribution is 5.71. The van der Waals surface area contributed by atoms with Crippen LogP contribution in [0, 0.1) is 0 Å². The van der Waals surface area contributed by atoms with Gasteiger partial charge in [0.25, 0.3) is 0 Å². The molecule has 66 heavy (non-hydrogen) atoms. The number of ether oxygens (including phenoxy) is 3. The van der Waals surface area contributed by atoms with Crippen molar-refractivity contribution in [2.24, 2.45) is 0 Å². The van der Waals surface area contributed by atoms with E-state index in [0.29, 0.717) is 0 Å². The van der Waals surface area contributed by atoms with Crippen molar-refractivity contribution in [1.82, 2.24) is 0 Å². The van der Waals surface area contributed by atoms with Crippen molar-refractivity contribution in [2.75, 3.05) is 0 Å². The Morgan fingerprint density at radius 3 is 1.18 bits per heavy atom. The number of phenols is 15. The molecule has 21 nitrogen and oxygen atoms in total. The zero-order chi connectivity index (χ0) is 47.5. The van der Waals surface area contributed by atoms with Crippen LogP contribution in [0.4, 0.5) is 0 Å². The summed E-state index contributed by atoms with van der Waals surface area (Å²) in [4.78, 5) is 0. The van der Waals surface area contributed by atoms with Gasteiger partial charge in [0.15, 0.2) is 70.1 Å². The summed E-state index contributed by atoms with van der Waals surface area (Å²) in [6, 6.07) is 8.95. The predicted octanol–water partition coefficient (Wildman–Crippen LogP) is 3.56. The van der Waals surface area contributed by atoms with Crippen molar-refractivity contribution in [3.8, 4) is 103 Å². The van der Waals surface area contributed by atoms with Gasteiger partial charge in [0, 0.05) is 75.2 Å². The van der Waals surface area contributed by atoms with E-state index in [4.69, 9.17) is 14.2 Å². The van der Waals surface area contributed by atoms with Crippen molar-refractivity contribution < 1.29 is 106 Å². The van der Waals surface area contributed by atoms with Crippen LogP contribution in [0.2, 0.25) is 0 Å². The first-order valence-electron chi connectivity index (χ1n) is 19.7. The number of aliphatic hydroxyl groups is 3. The van der Waals surface area contributed by atoms with Crippen LogP contribution < -0.4 is 14.2 Å². The molecular formula is C45H38O21. The molecule has 0 spiro atoms. The van der Waals surface area contributed by atoms with E-state index < -0.39 is 169 Å². The third-order valence-corrected chi connectivity index (χ3v) is 12.1. The molecule has 6 aromatic rings. The highest BCUT2D eigenvalue weighted by Gasteiger charge is 2.51. The molecule has 6 aromatic carbocycles. The molecule has 3 aliphatic heterocycles. The van der Waals surface area contributed by atoms with Gasteiger partial charge in [0.05, 0.1) is 17.9 Å². The minimum Gasteiger partial charge on any atom is -0.508 e. The first-order chi connectivity index (χ1) is 31.2. The Hall–Kier alpha value is -8.40. The zero-order valence-corrected chi connectivity index (χ0v) is 33.4. The summed E-state index contributed by atoms with van der Waals surface area (Å²) in [5, 5.41) is 198. The van der Waals surface area contributed by atoms with E-state index in [2.05, 4.69) is 0 Å². The normalized spacial score (nSPS) is 23.1. The van der Waals surface area contributed by atoms with E-state index >= 15 is 0 Å². The second-order valence-electron chi connectivity index (χ2n) is 16.1. The Kier molecular flexibility index (Phi) is 9.82. The van der Waals surface area contributed by atoms with E-state index in [9.17, 15) is 91.9 Å². The number of aliphatic hydroxyl groups excluding tert-OH is 3. The van der Waals surface area contributed by atoms with Crippen LogP contribution in [0.25, 0.3) is 0 Å². The molecule has 0 radical (unpaired) electrons. The van der Waals surface area contributed by atoms with Crippen LogP contribution in [0.15, 0.2) is 60.7 Å². The van der Waals surface area contributed by atoms with Crippen molar-refractivity contribution in [3.63, 3.8) is 0 Å². The van der Waals surface area contributed by atoms with Crippen LogP contribution in [0.3, 0.4) is 0 Å². The average Bonchev–Trinajstić information content (AvgIpc) is 3.24. The van der Waals surface area contributed by atoms with Gasteiger partial charge in [-0.2, -0.15) is 0 Å². The number of phenolic OH excluding ortho intramolecular Hbond substituents is 15. The van der Waals surface area contributed by atoms with Gasteiger partial charge in [-0.3, -0.25) is 0 Å². The maximum absolute atomic E-state index is 12.5. The first-order valence-corrected chi connectivity index (χ1v) is 19.7. The van der Waals surface area contributed by atoms with Crippen molar-refractivity contribution >= 4 is 0 Å². The molecule has 0 unspecified atom stereocenters. The van der Waals surface area contributed by atoms with Crippen molar-refractivity contribution in [2.45, 2.75) is 54.9 Å². The van der Waals surface area contributed by atoms with E-state index in [-0.39, 0.29) is 33.6 Å². The van der Waals surface area contributed by atoms with Crippen molar-refractivity contribution in [1.29, 1.82) is 0 Å². The summed E-state index contributed by atoms with van der Waals surface area (Å²) in [6.45, 7) is 0. The lowest BCUT2D eigenvalue weighted by Gasteiger charge is -2.43. The summed E-state index contributed by atoms with van der Waals surface area (Å²) < 4.78 is 18.6. The second kappa shape index (κ2) is 15.1. The Labute approximate surface area is 369 Å². The molecule has 0 saturated carbocycles. The van der Waals surface area contributed by atoms with E-state index in [1.165, 1.54) is 0 Å². The molecule has 0 saturated heterocycles. The summed E-state index contributed by atoms with van der Waals surface area (Å²) in [5.74, 6) is -17.6. The number of fused-ring (bicyclic) bond motifs is 3. The fourth-order valence-corrected chi connectivity index (χ4v) is 9.16. The lowest BCUT2D eigenvalue weighted by molar-refractivity contribution is -0.00571. The Morgan fingerprint density at radius 2 is 0.712 bits per heavy atom. The lowest BCUT2D eigenvalue weighted by atomic mass is 9.73. The molecule has 0 aliphatic carbocycles. The number of rotatable bonds is 5. The van der Waals surface area contributed by atoms with Crippen LogP contribution in [0.1, 0.15) is 74.7 Å². The highest BCUT2D eigenvalue weighted by atomic mass is 16.5. The molecule has 18 N–H and O–H groups in total. The second-order valence-corrected chi connectivity index (χ2v) is 16.1. The fraction of sp³-hybridized carbons (Fsp3) is 0.200. The summed E-state index contributed by atoms with van der Waals surface area (Å²) in [7, 11) is 0. The van der Waals surface area contributed by atoms with Gasteiger partial charge >= 0.3 is 0 Å². The van der Waals surface area contributed by atoms with Gasteiger partial charge in [-0.1, -0.05) is 0 Å². The molecule has 0 fully saturated rings. The number of benzene rings is 6. The smallest absolute Gasteiger partial charge is 0.200 e. The van der Waals surface area contributed by atoms with Crippen molar-refractivity contribution in [3.05, 3.63) is 105 Å². The largest absolute Gasteiger partial charge is 0.508 e. The van der Waals surface area contributed by atoms with Crippen LogP contribution in [-0.4, -0.2) is 110 Å². The van der Waals surface area contributed by atoms with E-state index in [1.807, 2.05) is 0 Å². The van der Waals surface area contributed by atoms with Gasteiger partial charge in [-0.05, 0) is 36.4 Å². The molecular weight excluding hydrogens is 876 g/mol. The molecule has 0 bridgehead atoms. The average molecular weight is 915 g/mol. The number of aromatic hydroxyl groups is 15. The SMILES string of the molecule is Oc1cc(O)c2c(c1)O[C@H](c1cc(O)c(O)c(O)c1)[C@H](O)[C@H]2c1c(O)cc(O)c2c1O[C@H](c1cc(O)c(O)c(O)c1)[C@H](O)[C@@H]2c1c(O)cc(O)c2c1O[C@H](c1cc(O)c(O)c(O)c1)[C@H](O)C2. The van der Waals surface area contributed by atoms with Crippen LogP contribution in [-0.2, 0) is 6.42 Å². The summed E-state index contributed by atoms with van der Waals surface area (Å²) in [6.07, 6.45) is -11.3. The molecule has 344 valence electrons. The minimum absolute atomic E-state index is 0.131. The molecule has 3 aliphatic rings. The van der Waals surface area contributed by atoms with E-state index in [0.717, 1.165) is 60.7 Å². The Morgan fingerprint density at radius 1 is 0.348 bits per heavy atom. The van der Waals surface area contributed by atoms with Gasteiger partial charge in [0.2, 0.25) is 0 Å².